The zero-order valence-corrected chi connectivity index (χ0v) is 14.0. The van der Waals surface area contributed by atoms with E-state index in [1.807, 2.05) is 0 Å². The fourth-order valence-corrected chi connectivity index (χ4v) is 4.61. The number of hydrogen-bond donors (Lipinski definition) is 1. The van der Waals surface area contributed by atoms with Gasteiger partial charge in [0, 0.05) is 18.1 Å². The standard InChI is InChI=1S/C18H36N2/c1-4-9-15-12-13-17(19-5-2)18(14-15)20(3)16-10-7-6-8-11-16/h15-19H,4-14H2,1-3H3. The molecule has 2 rings (SSSR count). The second kappa shape index (κ2) is 8.38. The van der Waals surface area contributed by atoms with E-state index >= 15 is 0 Å². The molecule has 0 aliphatic heterocycles. The molecule has 2 nitrogen and oxygen atoms in total. The molecule has 0 aromatic heterocycles. The second-order valence-corrected chi connectivity index (χ2v) is 7.16. The SMILES string of the molecule is CCCC1CCC(NCC)C(N(C)C2CCCCC2)C1. The lowest BCUT2D eigenvalue weighted by Gasteiger charge is -2.45. The van der Waals surface area contributed by atoms with Crippen molar-refractivity contribution in [3.8, 4) is 0 Å². The zero-order valence-electron chi connectivity index (χ0n) is 14.0. The van der Waals surface area contributed by atoms with Gasteiger partial charge in [-0.3, -0.25) is 4.90 Å². The summed E-state index contributed by atoms with van der Waals surface area (Å²) in [5.74, 6) is 0.978. The average Bonchev–Trinajstić information content (AvgIpc) is 2.49. The van der Waals surface area contributed by atoms with Gasteiger partial charge < -0.3 is 5.32 Å². The van der Waals surface area contributed by atoms with Gasteiger partial charge in [-0.1, -0.05) is 46.0 Å². The highest BCUT2D eigenvalue weighted by atomic mass is 15.2. The Balaban J connectivity index is 1.97. The Morgan fingerprint density at radius 2 is 1.75 bits per heavy atom. The Bertz CT molecular complexity index is 260. The van der Waals surface area contributed by atoms with Gasteiger partial charge in [-0.2, -0.15) is 0 Å². The molecule has 0 aromatic carbocycles. The minimum Gasteiger partial charge on any atom is -0.313 e. The third kappa shape index (κ3) is 4.21. The first-order valence-corrected chi connectivity index (χ1v) is 9.21. The monoisotopic (exact) mass is 280 g/mol. The van der Waals surface area contributed by atoms with Crippen molar-refractivity contribution in [2.75, 3.05) is 13.6 Å². The maximum atomic E-state index is 3.78. The molecule has 0 bridgehead atoms. The number of likely N-dealkylation sites (N-methyl/N-ethyl adjacent to an activating group) is 2. The molecule has 0 amide bonds. The average molecular weight is 281 g/mol. The molecule has 2 aliphatic rings. The Hall–Kier alpha value is -0.0800. The molecule has 0 spiro atoms. The van der Waals surface area contributed by atoms with E-state index in [0.717, 1.165) is 30.6 Å². The van der Waals surface area contributed by atoms with Crippen LogP contribution in [0.3, 0.4) is 0 Å². The highest BCUT2D eigenvalue weighted by Gasteiger charge is 2.35. The third-order valence-corrected chi connectivity index (χ3v) is 5.76. The summed E-state index contributed by atoms with van der Waals surface area (Å²) < 4.78 is 0. The molecule has 0 radical (unpaired) electrons. The van der Waals surface area contributed by atoms with Crippen molar-refractivity contribution in [3.05, 3.63) is 0 Å². The van der Waals surface area contributed by atoms with Crippen LogP contribution in [0.1, 0.15) is 78.1 Å². The van der Waals surface area contributed by atoms with Crippen LogP contribution in [0.2, 0.25) is 0 Å². The summed E-state index contributed by atoms with van der Waals surface area (Å²) in [6, 6.07) is 2.37. The van der Waals surface area contributed by atoms with Gasteiger partial charge in [0.25, 0.3) is 0 Å². The van der Waals surface area contributed by atoms with E-state index in [9.17, 15) is 0 Å². The lowest BCUT2D eigenvalue weighted by atomic mass is 9.78. The largest absolute Gasteiger partial charge is 0.313 e. The predicted octanol–water partition coefficient (Wildman–Crippen LogP) is 4.20. The van der Waals surface area contributed by atoms with Gasteiger partial charge in [0.2, 0.25) is 0 Å². The first-order valence-electron chi connectivity index (χ1n) is 9.21. The summed E-state index contributed by atoms with van der Waals surface area (Å²) in [4.78, 5) is 2.77. The van der Waals surface area contributed by atoms with Crippen LogP contribution in [0.15, 0.2) is 0 Å². The molecule has 20 heavy (non-hydrogen) atoms. The van der Waals surface area contributed by atoms with Crippen LogP contribution in [0.5, 0.6) is 0 Å². The van der Waals surface area contributed by atoms with E-state index < -0.39 is 0 Å². The summed E-state index contributed by atoms with van der Waals surface area (Å²) in [5.41, 5.74) is 0. The van der Waals surface area contributed by atoms with Crippen molar-refractivity contribution in [2.45, 2.75) is 96.2 Å². The Morgan fingerprint density at radius 1 is 1.00 bits per heavy atom. The van der Waals surface area contributed by atoms with Gasteiger partial charge >= 0.3 is 0 Å². The normalized spacial score (nSPS) is 32.7. The first kappa shape index (κ1) is 16.3. The van der Waals surface area contributed by atoms with Crippen LogP contribution in [0.25, 0.3) is 0 Å². The molecule has 3 atom stereocenters. The van der Waals surface area contributed by atoms with Crippen LogP contribution in [-0.2, 0) is 0 Å². The molecule has 1 N–H and O–H groups in total. The van der Waals surface area contributed by atoms with Crippen molar-refractivity contribution >= 4 is 0 Å². The van der Waals surface area contributed by atoms with E-state index in [2.05, 4.69) is 31.1 Å². The molecule has 2 aliphatic carbocycles. The Labute approximate surface area is 126 Å². The summed E-state index contributed by atoms with van der Waals surface area (Å²) >= 11 is 0. The summed E-state index contributed by atoms with van der Waals surface area (Å²) in [6.07, 6.45) is 14.3. The minimum absolute atomic E-state index is 0.736. The molecule has 3 unspecified atom stereocenters. The lowest BCUT2D eigenvalue weighted by molar-refractivity contribution is 0.0659. The van der Waals surface area contributed by atoms with Gasteiger partial charge in [0.15, 0.2) is 0 Å². The van der Waals surface area contributed by atoms with Crippen LogP contribution in [-0.4, -0.2) is 36.6 Å². The fourth-order valence-electron chi connectivity index (χ4n) is 4.61. The van der Waals surface area contributed by atoms with Crippen molar-refractivity contribution < 1.29 is 0 Å². The van der Waals surface area contributed by atoms with E-state index in [-0.39, 0.29) is 0 Å². The summed E-state index contributed by atoms with van der Waals surface area (Å²) in [6.45, 7) is 5.73. The molecular formula is C18H36N2. The molecule has 0 saturated heterocycles. The molecular weight excluding hydrogens is 244 g/mol. The minimum atomic E-state index is 0.736. The quantitative estimate of drug-likeness (QED) is 0.784. The molecule has 2 saturated carbocycles. The summed E-state index contributed by atoms with van der Waals surface area (Å²) in [7, 11) is 2.42. The van der Waals surface area contributed by atoms with E-state index in [0.29, 0.717) is 0 Å². The predicted molar refractivity (Wildman–Crippen MR) is 88.1 cm³/mol. The van der Waals surface area contributed by atoms with Crippen molar-refractivity contribution in [1.29, 1.82) is 0 Å². The Morgan fingerprint density at radius 3 is 2.40 bits per heavy atom. The Kier molecular flexibility index (Phi) is 6.83. The summed E-state index contributed by atoms with van der Waals surface area (Å²) in [5, 5.41) is 3.78. The topological polar surface area (TPSA) is 15.3 Å². The molecule has 0 heterocycles. The van der Waals surface area contributed by atoms with Gasteiger partial charge in [0.1, 0.15) is 0 Å². The van der Waals surface area contributed by atoms with Crippen LogP contribution in [0.4, 0.5) is 0 Å². The zero-order chi connectivity index (χ0) is 14.4. The third-order valence-electron chi connectivity index (χ3n) is 5.76. The van der Waals surface area contributed by atoms with Crippen LogP contribution in [0, 0.1) is 5.92 Å². The maximum Gasteiger partial charge on any atom is 0.0251 e. The molecule has 0 aromatic rings. The molecule has 118 valence electrons. The van der Waals surface area contributed by atoms with Crippen molar-refractivity contribution in [1.82, 2.24) is 10.2 Å². The smallest absolute Gasteiger partial charge is 0.0251 e. The number of hydrogen-bond acceptors (Lipinski definition) is 2. The highest BCUT2D eigenvalue weighted by Crippen LogP contribution is 2.33. The number of nitrogens with one attached hydrogen (secondary N) is 1. The highest BCUT2D eigenvalue weighted by molar-refractivity contribution is 4.92. The lowest BCUT2D eigenvalue weighted by Crippen LogP contribution is -2.55. The number of rotatable bonds is 6. The van der Waals surface area contributed by atoms with Crippen LogP contribution < -0.4 is 5.32 Å². The van der Waals surface area contributed by atoms with Crippen LogP contribution >= 0.6 is 0 Å². The fraction of sp³-hybridized carbons (Fsp3) is 1.00. The van der Waals surface area contributed by atoms with Gasteiger partial charge in [-0.15, -0.1) is 0 Å². The second-order valence-electron chi connectivity index (χ2n) is 7.16. The van der Waals surface area contributed by atoms with E-state index in [4.69, 9.17) is 0 Å². The van der Waals surface area contributed by atoms with Crippen molar-refractivity contribution in [3.63, 3.8) is 0 Å². The number of nitrogens with zero attached hydrogens (tertiary/aromatic N) is 1. The van der Waals surface area contributed by atoms with Gasteiger partial charge in [0.05, 0.1) is 0 Å². The van der Waals surface area contributed by atoms with E-state index in [1.165, 1.54) is 64.2 Å². The van der Waals surface area contributed by atoms with Gasteiger partial charge in [-0.25, -0.2) is 0 Å². The maximum absolute atomic E-state index is 3.78. The van der Waals surface area contributed by atoms with E-state index in [1.54, 1.807) is 0 Å². The molecule has 2 fully saturated rings. The molecule has 2 heteroatoms. The first-order chi connectivity index (χ1) is 9.76. The van der Waals surface area contributed by atoms with Gasteiger partial charge in [-0.05, 0) is 51.6 Å². The van der Waals surface area contributed by atoms with Crippen molar-refractivity contribution in [2.24, 2.45) is 5.92 Å².